The number of para-hydroxylation sites is 1. The Morgan fingerprint density at radius 2 is 1.89 bits per heavy atom. The number of carbonyl (C=O) groups is 2. The summed E-state index contributed by atoms with van der Waals surface area (Å²) in [5.41, 5.74) is 1.92. The van der Waals surface area contributed by atoms with E-state index in [9.17, 15) is 9.59 Å². The van der Waals surface area contributed by atoms with Crippen LogP contribution in [0.15, 0.2) is 71.8 Å². The molecule has 3 heterocycles. The Morgan fingerprint density at radius 1 is 1.11 bits per heavy atom. The van der Waals surface area contributed by atoms with E-state index in [1.54, 1.807) is 21.8 Å². The maximum absolute atomic E-state index is 13.4. The van der Waals surface area contributed by atoms with Crippen LogP contribution in [0.25, 0.3) is 0 Å². The average molecular weight is 390 g/mol. The van der Waals surface area contributed by atoms with Crippen LogP contribution in [0.3, 0.4) is 0 Å². The molecule has 0 spiro atoms. The van der Waals surface area contributed by atoms with Gasteiger partial charge in [0.25, 0.3) is 5.91 Å². The number of benzene rings is 2. The third-order valence-corrected chi connectivity index (χ3v) is 6.64. The SMILES string of the molecule is O=C1CCC2(C(=O)Nc3ccnn3Cc3ccccc3)Sc3ccccc3N12. The van der Waals surface area contributed by atoms with Crippen LogP contribution in [0.4, 0.5) is 11.5 Å². The summed E-state index contributed by atoms with van der Waals surface area (Å²) in [7, 11) is 0. The van der Waals surface area contributed by atoms with Crippen molar-refractivity contribution in [3.63, 3.8) is 0 Å². The largest absolute Gasteiger partial charge is 0.308 e. The maximum Gasteiger partial charge on any atom is 0.262 e. The molecule has 1 atom stereocenters. The van der Waals surface area contributed by atoms with Gasteiger partial charge in [0.15, 0.2) is 4.87 Å². The summed E-state index contributed by atoms with van der Waals surface area (Å²) in [5, 5.41) is 7.36. The molecular formula is C21H18N4O2S. The fourth-order valence-electron chi connectivity index (χ4n) is 3.83. The van der Waals surface area contributed by atoms with Crippen LogP contribution in [0.2, 0.25) is 0 Å². The van der Waals surface area contributed by atoms with Crippen LogP contribution in [0.1, 0.15) is 18.4 Å². The summed E-state index contributed by atoms with van der Waals surface area (Å²) in [6.45, 7) is 0.562. The first-order valence-corrected chi connectivity index (χ1v) is 9.97. The van der Waals surface area contributed by atoms with Gasteiger partial charge in [-0.15, -0.1) is 0 Å². The molecule has 0 aliphatic carbocycles. The van der Waals surface area contributed by atoms with E-state index >= 15 is 0 Å². The third-order valence-electron chi connectivity index (χ3n) is 5.16. The van der Waals surface area contributed by atoms with Crippen molar-refractivity contribution in [3.05, 3.63) is 72.4 Å². The molecule has 2 aliphatic heterocycles. The zero-order valence-electron chi connectivity index (χ0n) is 15.0. The van der Waals surface area contributed by atoms with E-state index in [0.29, 0.717) is 25.2 Å². The molecule has 2 aromatic carbocycles. The zero-order chi connectivity index (χ0) is 19.1. The van der Waals surface area contributed by atoms with E-state index in [1.807, 2.05) is 54.6 Å². The lowest BCUT2D eigenvalue weighted by Crippen LogP contribution is -2.49. The van der Waals surface area contributed by atoms with Crippen molar-refractivity contribution in [1.82, 2.24) is 9.78 Å². The van der Waals surface area contributed by atoms with Crippen LogP contribution in [-0.2, 0) is 16.1 Å². The first kappa shape index (κ1) is 17.1. The van der Waals surface area contributed by atoms with Crippen molar-refractivity contribution in [1.29, 1.82) is 0 Å². The molecule has 1 fully saturated rings. The number of carbonyl (C=O) groups excluding carboxylic acids is 2. The van der Waals surface area contributed by atoms with Crippen LogP contribution in [0, 0.1) is 0 Å². The smallest absolute Gasteiger partial charge is 0.262 e. The molecule has 0 saturated carbocycles. The number of anilines is 2. The number of rotatable bonds is 4. The highest BCUT2D eigenvalue weighted by molar-refractivity contribution is 8.02. The van der Waals surface area contributed by atoms with Gasteiger partial charge in [0, 0.05) is 17.4 Å². The van der Waals surface area contributed by atoms with Gasteiger partial charge in [0.2, 0.25) is 5.91 Å². The number of fused-ring (bicyclic) bond motifs is 3. The molecule has 6 nitrogen and oxygen atoms in total. The molecule has 0 bridgehead atoms. The number of aromatic nitrogens is 2. The molecule has 2 aliphatic rings. The van der Waals surface area contributed by atoms with E-state index in [2.05, 4.69) is 10.4 Å². The Hall–Kier alpha value is -3.06. The number of hydrogen-bond acceptors (Lipinski definition) is 4. The lowest BCUT2D eigenvalue weighted by molar-refractivity contribution is -0.121. The minimum Gasteiger partial charge on any atom is -0.308 e. The molecule has 5 rings (SSSR count). The summed E-state index contributed by atoms with van der Waals surface area (Å²) in [6, 6.07) is 19.4. The average Bonchev–Trinajstić information content (AvgIpc) is 3.38. The van der Waals surface area contributed by atoms with Gasteiger partial charge in [0.1, 0.15) is 5.82 Å². The van der Waals surface area contributed by atoms with E-state index in [-0.39, 0.29) is 11.8 Å². The first-order valence-electron chi connectivity index (χ1n) is 9.16. The molecular weight excluding hydrogens is 372 g/mol. The topological polar surface area (TPSA) is 67.2 Å². The van der Waals surface area contributed by atoms with Crippen LogP contribution < -0.4 is 10.2 Å². The first-order chi connectivity index (χ1) is 13.7. The molecule has 140 valence electrons. The third kappa shape index (κ3) is 2.62. The van der Waals surface area contributed by atoms with Crippen molar-refractivity contribution in [2.75, 3.05) is 10.2 Å². The normalized spacial score (nSPS) is 20.1. The van der Waals surface area contributed by atoms with E-state index in [0.717, 1.165) is 16.1 Å². The van der Waals surface area contributed by atoms with E-state index in [4.69, 9.17) is 0 Å². The summed E-state index contributed by atoms with van der Waals surface area (Å²) in [6.07, 6.45) is 2.53. The Balaban J connectivity index is 1.43. The predicted molar refractivity (Wildman–Crippen MR) is 108 cm³/mol. The fourth-order valence-corrected chi connectivity index (χ4v) is 5.25. The molecule has 2 amide bonds. The number of nitrogens with zero attached hydrogens (tertiary/aromatic N) is 3. The molecule has 28 heavy (non-hydrogen) atoms. The number of nitrogens with one attached hydrogen (secondary N) is 1. The maximum atomic E-state index is 13.4. The Kier molecular flexibility index (Phi) is 3.98. The zero-order valence-corrected chi connectivity index (χ0v) is 15.9. The molecule has 1 N–H and O–H groups in total. The molecule has 0 radical (unpaired) electrons. The second kappa shape index (κ2) is 6.53. The molecule has 3 aromatic rings. The Morgan fingerprint density at radius 3 is 2.75 bits per heavy atom. The van der Waals surface area contributed by atoms with Gasteiger partial charge < -0.3 is 5.32 Å². The minimum absolute atomic E-state index is 0.00890. The number of hydrogen-bond donors (Lipinski definition) is 1. The van der Waals surface area contributed by atoms with Gasteiger partial charge in [-0.2, -0.15) is 5.10 Å². The minimum atomic E-state index is -0.928. The summed E-state index contributed by atoms with van der Waals surface area (Å²) >= 11 is 1.46. The molecule has 7 heteroatoms. The molecule has 1 aromatic heterocycles. The Bertz CT molecular complexity index is 1070. The molecule has 1 unspecified atom stereocenters. The second-order valence-corrected chi connectivity index (χ2v) is 8.22. The second-order valence-electron chi connectivity index (χ2n) is 6.90. The monoisotopic (exact) mass is 390 g/mol. The van der Waals surface area contributed by atoms with Gasteiger partial charge in [-0.05, 0) is 24.1 Å². The van der Waals surface area contributed by atoms with Crippen molar-refractivity contribution in [2.45, 2.75) is 29.2 Å². The molecule has 1 saturated heterocycles. The summed E-state index contributed by atoms with van der Waals surface area (Å²) in [5.74, 6) is 0.429. The van der Waals surface area contributed by atoms with Crippen LogP contribution in [0.5, 0.6) is 0 Å². The number of amides is 2. The number of thioether (sulfide) groups is 1. The van der Waals surface area contributed by atoms with Crippen molar-refractivity contribution in [3.8, 4) is 0 Å². The van der Waals surface area contributed by atoms with Gasteiger partial charge >= 0.3 is 0 Å². The highest BCUT2D eigenvalue weighted by Gasteiger charge is 2.57. The van der Waals surface area contributed by atoms with Gasteiger partial charge in [-0.25, -0.2) is 4.68 Å². The van der Waals surface area contributed by atoms with E-state index < -0.39 is 4.87 Å². The highest BCUT2D eigenvalue weighted by Crippen LogP contribution is 2.55. The lowest BCUT2D eigenvalue weighted by Gasteiger charge is -2.29. The summed E-state index contributed by atoms with van der Waals surface area (Å²) in [4.78, 5) is 27.6. The van der Waals surface area contributed by atoms with Crippen LogP contribution in [-0.4, -0.2) is 26.5 Å². The highest BCUT2D eigenvalue weighted by atomic mass is 32.2. The van der Waals surface area contributed by atoms with Crippen molar-refractivity contribution >= 4 is 35.1 Å². The quantitative estimate of drug-likeness (QED) is 0.740. The van der Waals surface area contributed by atoms with Crippen molar-refractivity contribution in [2.24, 2.45) is 0 Å². The fraction of sp³-hybridized carbons (Fsp3) is 0.190. The lowest BCUT2D eigenvalue weighted by atomic mass is 10.2. The summed E-state index contributed by atoms with van der Waals surface area (Å²) < 4.78 is 1.76. The van der Waals surface area contributed by atoms with E-state index in [1.165, 1.54) is 11.8 Å². The van der Waals surface area contributed by atoms with Crippen LogP contribution >= 0.6 is 11.8 Å². The Labute approximate surface area is 166 Å². The van der Waals surface area contributed by atoms with Crippen molar-refractivity contribution < 1.29 is 9.59 Å². The standard InChI is InChI=1S/C21H18N4O2S/c26-19-10-12-21(25(19)16-8-4-5-9-17(16)28-21)20(27)23-18-11-13-22-24(18)14-15-6-2-1-3-7-15/h1-9,11,13H,10,12,14H2,(H,23,27). The van der Waals surface area contributed by atoms with Gasteiger partial charge in [-0.3, -0.25) is 14.5 Å². The predicted octanol–water partition coefficient (Wildman–Crippen LogP) is 3.50. The van der Waals surface area contributed by atoms with Gasteiger partial charge in [-0.1, -0.05) is 54.2 Å². The van der Waals surface area contributed by atoms with Gasteiger partial charge in [0.05, 0.1) is 18.4 Å².